The van der Waals surface area contributed by atoms with Crippen molar-refractivity contribution in [2.24, 2.45) is 0 Å². The summed E-state index contributed by atoms with van der Waals surface area (Å²) in [5, 5.41) is 2.73. The topological polar surface area (TPSA) is 109 Å². The molecule has 24 heavy (non-hydrogen) atoms. The van der Waals surface area contributed by atoms with E-state index in [0.29, 0.717) is 0 Å². The number of rotatable bonds is 5. The standard InChI is InChI=1S/C15H23NO8/c1-7(17)16-11-12(9(21-8(2)18)6-10(19)20-5)22-14-13(11)23-15(3,4)24-14/h9,11-14H,6H2,1-5H3,(H,16,17)/t9-,11+,12-,13-,14-/m1/s1. The van der Waals surface area contributed by atoms with Crippen LogP contribution in [0.15, 0.2) is 0 Å². The Morgan fingerprint density at radius 1 is 1.21 bits per heavy atom. The maximum Gasteiger partial charge on any atom is 0.309 e. The van der Waals surface area contributed by atoms with Crippen molar-refractivity contribution >= 4 is 17.8 Å². The van der Waals surface area contributed by atoms with Gasteiger partial charge in [-0.25, -0.2) is 0 Å². The molecule has 1 N–H and O–H groups in total. The lowest BCUT2D eigenvalue weighted by molar-refractivity contribution is -0.221. The summed E-state index contributed by atoms with van der Waals surface area (Å²) in [5.41, 5.74) is 0. The summed E-state index contributed by atoms with van der Waals surface area (Å²) in [7, 11) is 1.23. The fourth-order valence-electron chi connectivity index (χ4n) is 2.94. The Bertz CT molecular complexity index is 520. The molecule has 0 aromatic carbocycles. The van der Waals surface area contributed by atoms with Gasteiger partial charge in [0.2, 0.25) is 5.91 Å². The Labute approximate surface area is 139 Å². The van der Waals surface area contributed by atoms with Gasteiger partial charge in [0, 0.05) is 13.8 Å². The van der Waals surface area contributed by atoms with E-state index in [1.165, 1.54) is 21.0 Å². The summed E-state index contributed by atoms with van der Waals surface area (Å²) in [4.78, 5) is 34.6. The average Bonchev–Trinajstić information content (AvgIpc) is 2.90. The van der Waals surface area contributed by atoms with E-state index in [0.717, 1.165) is 0 Å². The molecule has 2 saturated heterocycles. The number of hydrogen-bond acceptors (Lipinski definition) is 8. The Morgan fingerprint density at radius 3 is 2.42 bits per heavy atom. The zero-order valence-corrected chi connectivity index (χ0v) is 14.4. The molecule has 1 amide bonds. The number of carbonyl (C=O) groups is 3. The summed E-state index contributed by atoms with van der Waals surface area (Å²) in [6, 6.07) is -0.636. The highest BCUT2D eigenvalue weighted by Crippen LogP contribution is 2.39. The van der Waals surface area contributed by atoms with E-state index < -0.39 is 48.4 Å². The minimum atomic E-state index is -0.937. The fraction of sp³-hybridized carbons (Fsp3) is 0.800. The van der Waals surface area contributed by atoms with Crippen LogP contribution in [0.4, 0.5) is 0 Å². The molecule has 0 radical (unpaired) electrons. The lowest BCUT2D eigenvalue weighted by Gasteiger charge is -2.30. The third kappa shape index (κ3) is 4.22. The third-order valence-corrected chi connectivity index (χ3v) is 3.74. The van der Waals surface area contributed by atoms with Crippen LogP contribution in [0.5, 0.6) is 0 Å². The second-order valence-electron chi connectivity index (χ2n) is 6.22. The zero-order valence-electron chi connectivity index (χ0n) is 14.4. The number of carbonyl (C=O) groups excluding carboxylic acids is 3. The van der Waals surface area contributed by atoms with Gasteiger partial charge in [-0.3, -0.25) is 14.4 Å². The average molecular weight is 345 g/mol. The highest BCUT2D eigenvalue weighted by Gasteiger charge is 2.57. The van der Waals surface area contributed by atoms with Crippen molar-refractivity contribution < 1.29 is 38.1 Å². The summed E-state index contributed by atoms with van der Waals surface area (Å²) >= 11 is 0. The van der Waals surface area contributed by atoms with Gasteiger partial charge < -0.3 is 29.0 Å². The molecule has 2 aliphatic rings. The lowest BCUT2D eigenvalue weighted by Crippen LogP contribution is -2.52. The number of fused-ring (bicyclic) bond motifs is 1. The van der Waals surface area contributed by atoms with Gasteiger partial charge in [-0.05, 0) is 13.8 Å². The Kier molecular flexibility index (Phi) is 5.46. The SMILES string of the molecule is COC(=O)C[C@@H](OC(C)=O)[C@H]1O[C@@H]2OC(C)(C)O[C@@H]2[C@H]1NC(C)=O. The molecule has 0 saturated carbocycles. The van der Waals surface area contributed by atoms with E-state index in [-0.39, 0.29) is 12.3 Å². The van der Waals surface area contributed by atoms with Crippen LogP contribution in [0.25, 0.3) is 0 Å². The van der Waals surface area contributed by atoms with Gasteiger partial charge in [-0.15, -0.1) is 0 Å². The maximum atomic E-state index is 11.6. The van der Waals surface area contributed by atoms with Crippen molar-refractivity contribution in [3.05, 3.63) is 0 Å². The molecule has 0 aromatic rings. The first-order chi connectivity index (χ1) is 11.1. The van der Waals surface area contributed by atoms with Crippen molar-refractivity contribution in [2.45, 2.75) is 70.5 Å². The molecule has 5 atom stereocenters. The molecular weight excluding hydrogens is 322 g/mol. The first-order valence-corrected chi connectivity index (χ1v) is 7.65. The normalized spacial score (nSPS) is 31.9. The molecule has 0 unspecified atom stereocenters. The molecule has 2 rings (SSSR count). The predicted octanol–water partition coefficient (Wildman–Crippen LogP) is -0.138. The van der Waals surface area contributed by atoms with Crippen LogP contribution < -0.4 is 5.32 Å². The van der Waals surface area contributed by atoms with Crippen LogP contribution in [-0.4, -0.2) is 61.4 Å². The number of hydrogen-bond donors (Lipinski definition) is 1. The molecule has 2 heterocycles. The van der Waals surface area contributed by atoms with E-state index in [1.807, 2.05) is 0 Å². The van der Waals surface area contributed by atoms with E-state index in [2.05, 4.69) is 10.1 Å². The lowest BCUT2D eigenvalue weighted by atomic mass is 10.00. The van der Waals surface area contributed by atoms with Crippen LogP contribution in [0.2, 0.25) is 0 Å². The number of amides is 1. The van der Waals surface area contributed by atoms with E-state index in [1.54, 1.807) is 13.8 Å². The monoisotopic (exact) mass is 345 g/mol. The van der Waals surface area contributed by atoms with Crippen molar-refractivity contribution in [2.75, 3.05) is 7.11 Å². The molecule has 0 spiro atoms. The van der Waals surface area contributed by atoms with Crippen molar-refractivity contribution in [1.29, 1.82) is 0 Å². The fourth-order valence-corrected chi connectivity index (χ4v) is 2.94. The molecule has 0 aliphatic carbocycles. The summed E-state index contributed by atoms with van der Waals surface area (Å²) in [6.45, 7) is 6.04. The number of esters is 2. The molecule has 0 aromatic heterocycles. The van der Waals surface area contributed by atoms with Gasteiger partial charge in [0.05, 0.1) is 19.6 Å². The molecular formula is C15H23NO8. The Morgan fingerprint density at radius 2 is 1.88 bits per heavy atom. The highest BCUT2D eigenvalue weighted by atomic mass is 16.8. The van der Waals surface area contributed by atoms with Crippen LogP contribution in [0.3, 0.4) is 0 Å². The van der Waals surface area contributed by atoms with Crippen molar-refractivity contribution in [3.8, 4) is 0 Å². The molecule has 2 fully saturated rings. The molecule has 2 aliphatic heterocycles. The smallest absolute Gasteiger partial charge is 0.309 e. The van der Waals surface area contributed by atoms with E-state index >= 15 is 0 Å². The van der Waals surface area contributed by atoms with E-state index in [9.17, 15) is 14.4 Å². The van der Waals surface area contributed by atoms with Crippen molar-refractivity contribution in [3.63, 3.8) is 0 Å². The third-order valence-electron chi connectivity index (χ3n) is 3.74. The number of ether oxygens (including phenoxy) is 5. The van der Waals surface area contributed by atoms with Gasteiger partial charge in [0.25, 0.3) is 0 Å². The highest BCUT2D eigenvalue weighted by molar-refractivity contribution is 5.74. The van der Waals surface area contributed by atoms with Crippen molar-refractivity contribution in [1.82, 2.24) is 5.32 Å². The summed E-state index contributed by atoms with van der Waals surface area (Å²) in [5.74, 6) is -2.31. The first-order valence-electron chi connectivity index (χ1n) is 7.65. The largest absolute Gasteiger partial charge is 0.469 e. The van der Waals surface area contributed by atoms with Crippen LogP contribution in [0.1, 0.15) is 34.1 Å². The quantitative estimate of drug-likeness (QED) is 0.686. The summed E-state index contributed by atoms with van der Waals surface area (Å²) < 4.78 is 27.1. The second kappa shape index (κ2) is 7.04. The maximum absolute atomic E-state index is 11.6. The van der Waals surface area contributed by atoms with Crippen LogP contribution >= 0.6 is 0 Å². The molecule has 9 heteroatoms. The molecule has 136 valence electrons. The van der Waals surface area contributed by atoms with Gasteiger partial charge in [0.15, 0.2) is 12.1 Å². The van der Waals surface area contributed by atoms with Crippen LogP contribution in [-0.2, 0) is 38.1 Å². The first kappa shape index (κ1) is 18.6. The van der Waals surface area contributed by atoms with Crippen LogP contribution in [0, 0.1) is 0 Å². The zero-order chi connectivity index (χ0) is 18.1. The van der Waals surface area contributed by atoms with E-state index in [4.69, 9.17) is 18.9 Å². The minimum Gasteiger partial charge on any atom is -0.469 e. The van der Waals surface area contributed by atoms with Gasteiger partial charge in [-0.1, -0.05) is 0 Å². The van der Waals surface area contributed by atoms with Gasteiger partial charge in [0.1, 0.15) is 18.3 Å². The Balaban J connectivity index is 2.22. The summed E-state index contributed by atoms with van der Waals surface area (Å²) in [6.07, 6.45) is -3.27. The molecule has 0 bridgehead atoms. The molecule has 9 nitrogen and oxygen atoms in total. The number of nitrogens with one attached hydrogen (secondary N) is 1. The van der Waals surface area contributed by atoms with Gasteiger partial charge in [-0.2, -0.15) is 0 Å². The number of methoxy groups -OCH3 is 1. The predicted molar refractivity (Wildman–Crippen MR) is 78.5 cm³/mol. The van der Waals surface area contributed by atoms with Gasteiger partial charge >= 0.3 is 11.9 Å². The minimum absolute atomic E-state index is 0.209. The Hall–Kier alpha value is -1.71. The second-order valence-corrected chi connectivity index (χ2v) is 6.22.